The Morgan fingerprint density at radius 2 is 1.95 bits per heavy atom. The number of rotatable bonds is 4. The number of hydrogen-bond acceptors (Lipinski definition) is 4. The van der Waals surface area contributed by atoms with Gasteiger partial charge in [0, 0.05) is 17.8 Å². The minimum Gasteiger partial charge on any atom is -0.478 e. The molecule has 0 amide bonds. The molecule has 0 atom stereocenters. The van der Waals surface area contributed by atoms with Crippen molar-refractivity contribution in [1.82, 2.24) is 0 Å². The van der Waals surface area contributed by atoms with Crippen LogP contribution >= 0.6 is 0 Å². The Kier molecular flexibility index (Phi) is 3.84. The fourth-order valence-electron chi connectivity index (χ4n) is 1.81. The fraction of sp³-hybridized carbons (Fsp3) is 0.0714. The summed E-state index contributed by atoms with van der Waals surface area (Å²) in [5.41, 5.74) is 0.670. The van der Waals surface area contributed by atoms with Crippen molar-refractivity contribution in [2.75, 3.05) is 5.32 Å². The monoisotopic (exact) mass is 290 g/mol. The number of carbonyl (C=O) groups is 1. The second kappa shape index (κ2) is 5.58. The van der Waals surface area contributed by atoms with Gasteiger partial charge in [-0.25, -0.2) is 9.18 Å². The number of carboxylic acids is 1. The van der Waals surface area contributed by atoms with E-state index in [-0.39, 0.29) is 16.9 Å². The quantitative estimate of drug-likeness (QED) is 0.664. The van der Waals surface area contributed by atoms with E-state index in [9.17, 15) is 19.3 Å². The predicted octanol–water partition coefficient (Wildman–Crippen LogP) is 3.48. The lowest BCUT2D eigenvalue weighted by Gasteiger charge is -2.12. The van der Waals surface area contributed by atoms with Crippen LogP contribution in [-0.4, -0.2) is 16.0 Å². The van der Waals surface area contributed by atoms with Crippen LogP contribution in [0.2, 0.25) is 0 Å². The van der Waals surface area contributed by atoms with Crippen LogP contribution in [0.4, 0.5) is 21.5 Å². The summed E-state index contributed by atoms with van der Waals surface area (Å²) in [6.45, 7) is 1.71. The second-order valence-corrected chi connectivity index (χ2v) is 4.38. The standard InChI is InChI=1S/C14H11FN2O4/c1-8-2-3-9(15)6-12(8)16-13-7-10(17(20)21)4-5-11(13)14(18)19/h2-7,16H,1H3,(H,18,19). The first-order valence-corrected chi connectivity index (χ1v) is 5.93. The molecular formula is C14H11FN2O4. The van der Waals surface area contributed by atoms with Crippen molar-refractivity contribution in [1.29, 1.82) is 0 Å². The Morgan fingerprint density at radius 1 is 1.24 bits per heavy atom. The van der Waals surface area contributed by atoms with E-state index in [1.807, 2.05) is 0 Å². The highest BCUT2D eigenvalue weighted by Crippen LogP contribution is 2.28. The molecule has 0 bridgehead atoms. The minimum absolute atomic E-state index is 0.0328. The molecule has 2 aromatic rings. The summed E-state index contributed by atoms with van der Waals surface area (Å²) in [5, 5.41) is 22.6. The van der Waals surface area contributed by atoms with Crippen LogP contribution in [0, 0.1) is 22.9 Å². The normalized spacial score (nSPS) is 10.2. The van der Waals surface area contributed by atoms with Gasteiger partial charge in [-0.2, -0.15) is 0 Å². The van der Waals surface area contributed by atoms with Gasteiger partial charge < -0.3 is 10.4 Å². The molecule has 7 heteroatoms. The summed E-state index contributed by atoms with van der Waals surface area (Å²) in [6.07, 6.45) is 0. The summed E-state index contributed by atoms with van der Waals surface area (Å²) < 4.78 is 13.3. The molecule has 0 fully saturated rings. The van der Waals surface area contributed by atoms with Gasteiger partial charge >= 0.3 is 5.97 Å². The predicted molar refractivity (Wildman–Crippen MR) is 74.5 cm³/mol. The first-order valence-electron chi connectivity index (χ1n) is 5.93. The van der Waals surface area contributed by atoms with E-state index >= 15 is 0 Å². The smallest absolute Gasteiger partial charge is 0.337 e. The van der Waals surface area contributed by atoms with E-state index in [0.717, 1.165) is 18.2 Å². The number of halogens is 1. The van der Waals surface area contributed by atoms with Gasteiger partial charge in [-0.3, -0.25) is 10.1 Å². The number of hydrogen-bond donors (Lipinski definition) is 2. The molecule has 0 heterocycles. The molecule has 0 radical (unpaired) electrons. The van der Waals surface area contributed by atoms with Gasteiger partial charge in [0.1, 0.15) is 5.82 Å². The highest BCUT2D eigenvalue weighted by atomic mass is 19.1. The summed E-state index contributed by atoms with van der Waals surface area (Å²) in [6, 6.07) is 7.33. The van der Waals surface area contributed by atoms with Gasteiger partial charge in [0.15, 0.2) is 0 Å². The topological polar surface area (TPSA) is 92.5 Å². The number of aromatic carboxylic acids is 1. The molecular weight excluding hydrogens is 279 g/mol. The van der Waals surface area contributed by atoms with E-state index in [4.69, 9.17) is 5.11 Å². The Hall–Kier alpha value is -2.96. The van der Waals surface area contributed by atoms with Crippen molar-refractivity contribution in [3.8, 4) is 0 Å². The average molecular weight is 290 g/mol. The van der Waals surface area contributed by atoms with Gasteiger partial charge in [-0.05, 0) is 30.7 Å². The molecule has 2 rings (SSSR count). The van der Waals surface area contributed by atoms with Crippen LogP contribution in [-0.2, 0) is 0 Å². The van der Waals surface area contributed by atoms with E-state index in [1.165, 1.54) is 18.2 Å². The Bertz CT molecular complexity index is 731. The number of aryl methyl sites for hydroxylation is 1. The zero-order valence-corrected chi connectivity index (χ0v) is 11.0. The van der Waals surface area contributed by atoms with Crippen LogP contribution in [0.1, 0.15) is 15.9 Å². The molecule has 0 aliphatic rings. The number of carboxylic acid groups (broad SMARTS) is 1. The van der Waals surface area contributed by atoms with Crippen LogP contribution < -0.4 is 5.32 Å². The first kappa shape index (κ1) is 14.4. The zero-order valence-electron chi connectivity index (χ0n) is 11.0. The number of nitrogens with zero attached hydrogens (tertiary/aromatic N) is 1. The van der Waals surface area contributed by atoms with E-state index < -0.39 is 16.7 Å². The molecule has 0 aliphatic heterocycles. The molecule has 2 N–H and O–H groups in total. The van der Waals surface area contributed by atoms with Crippen molar-refractivity contribution >= 4 is 23.0 Å². The third kappa shape index (κ3) is 3.14. The molecule has 6 nitrogen and oxygen atoms in total. The van der Waals surface area contributed by atoms with Crippen molar-refractivity contribution in [2.45, 2.75) is 6.92 Å². The SMILES string of the molecule is Cc1ccc(F)cc1Nc1cc([N+](=O)[O-])ccc1C(=O)O. The number of anilines is 2. The van der Waals surface area contributed by atoms with Crippen molar-refractivity contribution in [3.05, 3.63) is 63.5 Å². The number of non-ortho nitro benzene ring substituents is 1. The first-order chi connectivity index (χ1) is 9.88. The number of nitro benzene ring substituents is 1. The van der Waals surface area contributed by atoms with Crippen molar-refractivity contribution in [3.63, 3.8) is 0 Å². The lowest BCUT2D eigenvalue weighted by molar-refractivity contribution is -0.384. The highest BCUT2D eigenvalue weighted by molar-refractivity contribution is 5.96. The van der Waals surface area contributed by atoms with Crippen LogP contribution in [0.15, 0.2) is 36.4 Å². The summed E-state index contributed by atoms with van der Waals surface area (Å²) in [5.74, 6) is -1.73. The van der Waals surface area contributed by atoms with Crippen LogP contribution in [0.25, 0.3) is 0 Å². The largest absolute Gasteiger partial charge is 0.478 e. The Balaban J connectivity index is 2.50. The number of benzene rings is 2. The molecule has 2 aromatic carbocycles. The molecule has 21 heavy (non-hydrogen) atoms. The van der Waals surface area contributed by atoms with Crippen molar-refractivity contribution < 1.29 is 19.2 Å². The molecule has 0 saturated heterocycles. The van der Waals surface area contributed by atoms with Gasteiger partial charge in [0.05, 0.1) is 16.2 Å². The maximum Gasteiger partial charge on any atom is 0.337 e. The van der Waals surface area contributed by atoms with Gasteiger partial charge in [0.25, 0.3) is 5.69 Å². The second-order valence-electron chi connectivity index (χ2n) is 4.38. The maximum atomic E-state index is 13.3. The lowest BCUT2D eigenvalue weighted by atomic mass is 10.1. The Morgan fingerprint density at radius 3 is 2.57 bits per heavy atom. The fourth-order valence-corrected chi connectivity index (χ4v) is 1.81. The van der Waals surface area contributed by atoms with Crippen LogP contribution in [0.3, 0.4) is 0 Å². The summed E-state index contributed by atoms with van der Waals surface area (Å²) in [4.78, 5) is 21.3. The average Bonchev–Trinajstić information content (AvgIpc) is 2.42. The van der Waals surface area contributed by atoms with E-state index in [0.29, 0.717) is 11.3 Å². The molecule has 0 aromatic heterocycles. The Labute approximate surface area is 119 Å². The van der Waals surface area contributed by atoms with Gasteiger partial charge in [-0.1, -0.05) is 6.07 Å². The lowest BCUT2D eigenvalue weighted by Crippen LogP contribution is -2.04. The highest BCUT2D eigenvalue weighted by Gasteiger charge is 2.16. The molecule has 108 valence electrons. The zero-order chi connectivity index (χ0) is 15.6. The van der Waals surface area contributed by atoms with Gasteiger partial charge in [-0.15, -0.1) is 0 Å². The third-order valence-electron chi connectivity index (χ3n) is 2.91. The van der Waals surface area contributed by atoms with E-state index in [2.05, 4.69) is 5.32 Å². The molecule has 0 unspecified atom stereocenters. The molecule has 0 saturated carbocycles. The van der Waals surface area contributed by atoms with E-state index in [1.54, 1.807) is 6.92 Å². The molecule has 0 spiro atoms. The van der Waals surface area contributed by atoms with Crippen LogP contribution in [0.5, 0.6) is 0 Å². The maximum absolute atomic E-state index is 13.3. The minimum atomic E-state index is -1.23. The third-order valence-corrected chi connectivity index (χ3v) is 2.91. The summed E-state index contributed by atoms with van der Waals surface area (Å²) >= 11 is 0. The van der Waals surface area contributed by atoms with Crippen molar-refractivity contribution in [2.24, 2.45) is 0 Å². The summed E-state index contributed by atoms with van der Waals surface area (Å²) in [7, 11) is 0. The van der Waals surface area contributed by atoms with Gasteiger partial charge in [0.2, 0.25) is 0 Å². The number of nitro groups is 1. The molecule has 0 aliphatic carbocycles. The number of nitrogens with one attached hydrogen (secondary N) is 1.